The minimum Gasteiger partial charge on any atom is -0.388 e. The number of hydrogen-bond acceptors (Lipinski definition) is 2. The number of halogens is 1. The van der Waals surface area contributed by atoms with Gasteiger partial charge in [-0.15, -0.1) is 0 Å². The van der Waals surface area contributed by atoms with Crippen molar-refractivity contribution in [2.45, 2.75) is 22.5 Å². The summed E-state index contributed by atoms with van der Waals surface area (Å²) in [6.45, 7) is 0. The summed E-state index contributed by atoms with van der Waals surface area (Å²) in [7, 11) is 0. The van der Waals surface area contributed by atoms with Crippen LogP contribution in [-0.4, -0.2) is 20.6 Å². The summed E-state index contributed by atoms with van der Waals surface area (Å²) < 4.78 is 0. The van der Waals surface area contributed by atoms with Crippen LogP contribution in [0, 0.1) is 41.4 Å². The quantitative estimate of drug-likeness (QED) is 0.773. The van der Waals surface area contributed by atoms with Crippen molar-refractivity contribution in [3.8, 4) is 0 Å². The van der Waals surface area contributed by atoms with Gasteiger partial charge in [-0.25, -0.2) is 0 Å². The average molecular weight is 333 g/mol. The van der Waals surface area contributed by atoms with Gasteiger partial charge in [-0.1, -0.05) is 46.3 Å². The second-order valence-corrected chi connectivity index (χ2v) is 8.71. The lowest BCUT2D eigenvalue weighted by Crippen LogP contribution is -2.47. The zero-order valence-corrected chi connectivity index (χ0v) is 12.6. The maximum atomic E-state index is 11.6. The largest absolute Gasteiger partial charge is 0.388 e. The number of rotatable bonds is 1. The molecule has 0 spiro atoms. The molecule has 2 nitrogen and oxygen atoms in total. The smallest absolute Gasteiger partial charge is 0.0989 e. The van der Waals surface area contributed by atoms with E-state index in [9.17, 15) is 10.2 Å². The Morgan fingerprint density at radius 1 is 1.00 bits per heavy atom. The van der Waals surface area contributed by atoms with Gasteiger partial charge in [0.25, 0.3) is 0 Å². The van der Waals surface area contributed by atoms with Gasteiger partial charge in [-0.05, 0) is 41.6 Å². The normalized spacial score (nSPS) is 67.0. The minimum atomic E-state index is -0.790. The maximum Gasteiger partial charge on any atom is 0.0989 e. The fraction of sp³-hybridized carbons (Fsp3) is 0.647. The zero-order valence-electron chi connectivity index (χ0n) is 11.0. The molecule has 20 heavy (non-hydrogen) atoms. The van der Waals surface area contributed by atoms with Gasteiger partial charge in [0.05, 0.1) is 11.2 Å². The molecule has 2 N–H and O–H groups in total. The van der Waals surface area contributed by atoms with Crippen LogP contribution in [0.2, 0.25) is 0 Å². The molecule has 0 aromatic heterocycles. The van der Waals surface area contributed by atoms with E-state index in [1.165, 1.54) is 6.42 Å². The van der Waals surface area contributed by atoms with Crippen LogP contribution in [0.5, 0.6) is 0 Å². The summed E-state index contributed by atoms with van der Waals surface area (Å²) in [6, 6.07) is 10.1. The third-order valence-electron chi connectivity index (χ3n) is 7.70. The molecule has 1 aromatic carbocycles. The van der Waals surface area contributed by atoms with E-state index in [4.69, 9.17) is 0 Å². The molecule has 0 amide bonds. The lowest BCUT2D eigenvalue weighted by Gasteiger charge is -2.38. The molecule has 6 aliphatic rings. The number of aliphatic hydroxyl groups is 2. The van der Waals surface area contributed by atoms with Crippen LogP contribution >= 0.6 is 15.9 Å². The SMILES string of the molecule is O[C@]1(c2ccccc2)[C@H]2[C@H]3C[C@H]4[C@H]5[C@@H]3[C@H]1[C@](O)([C@H]42)[C@@H]5Br. The highest BCUT2D eigenvalue weighted by atomic mass is 79.9. The molecule has 0 unspecified atom stereocenters. The molecule has 0 aliphatic heterocycles. The Kier molecular flexibility index (Phi) is 1.63. The third-order valence-corrected chi connectivity index (χ3v) is 9.05. The lowest BCUT2D eigenvalue weighted by atomic mass is 9.69. The van der Waals surface area contributed by atoms with E-state index in [1.54, 1.807) is 0 Å². The van der Waals surface area contributed by atoms with E-state index in [1.807, 2.05) is 18.2 Å². The van der Waals surface area contributed by atoms with Gasteiger partial charge in [0, 0.05) is 16.7 Å². The average Bonchev–Trinajstić information content (AvgIpc) is 3.16. The van der Waals surface area contributed by atoms with E-state index in [0.29, 0.717) is 29.6 Å². The Hall–Kier alpha value is -0.380. The van der Waals surface area contributed by atoms with E-state index in [-0.39, 0.29) is 16.7 Å². The van der Waals surface area contributed by atoms with Crippen LogP contribution in [0.4, 0.5) is 0 Å². The van der Waals surface area contributed by atoms with E-state index < -0.39 is 11.2 Å². The highest BCUT2D eigenvalue weighted by molar-refractivity contribution is 9.09. The molecule has 0 saturated heterocycles. The Bertz CT molecular complexity index is 631. The van der Waals surface area contributed by atoms with Crippen LogP contribution in [0.1, 0.15) is 12.0 Å². The molecule has 10 atom stereocenters. The summed E-state index contributed by atoms with van der Waals surface area (Å²) in [4.78, 5) is 0.202. The molecule has 6 fully saturated rings. The molecule has 1 aromatic rings. The second kappa shape index (κ2) is 2.90. The molecule has 7 rings (SSSR count). The molecule has 104 valence electrons. The van der Waals surface area contributed by atoms with Gasteiger partial charge in [-0.3, -0.25) is 0 Å². The Morgan fingerprint density at radius 2 is 1.70 bits per heavy atom. The van der Waals surface area contributed by atoms with E-state index in [2.05, 4.69) is 28.1 Å². The van der Waals surface area contributed by atoms with E-state index >= 15 is 0 Å². The highest BCUT2D eigenvalue weighted by Gasteiger charge is 2.92. The summed E-state index contributed by atoms with van der Waals surface area (Å²) >= 11 is 3.81. The summed E-state index contributed by atoms with van der Waals surface area (Å²) in [5.74, 6) is 3.09. The Labute approximate surface area is 126 Å². The van der Waals surface area contributed by atoms with Gasteiger partial charge in [0.1, 0.15) is 0 Å². The molecule has 6 bridgehead atoms. The first kappa shape index (κ1) is 11.2. The van der Waals surface area contributed by atoms with Crippen molar-refractivity contribution < 1.29 is 10.2 Å². The zero-order chi connectivity index (χ0) is 13.4. The fourth-order valence-electron chi connectivity index (χ4n) is 7.73. The van der Waals surface area contributed by atoms with Crippen molar-refractivity contribution in [2.24, 2.45) is 41.4 Å². The second-order valence-electron chi connectivity index (χ2n) is 7.73. The van der Waals surface area contributed by atoms with Crippen LogP contribution in [0.15, 0.2) is 30.3 Å². The first-order chi connectivity index (χ1) is 9.61. The standard InChI is InChI=1S/C17H17BrO2/c18-15-11-9-6-8-10(11)14-16(19,7-4-2-1-3-5-7)12(8)13(9)17(14,15)20/h1-5,8-15,19-20H,6H2/t8-,9-,10+,11-,12-,13+,14+,15+,16+,17+/m0/s1. The molecule has 6 saturated carbocycles. The summed E-state index contributed by atoms with van der Waals surface area (Å²) in [5, 5.41) is 23.0. The number of hydrogen-bond donors (Lipinski definition) is 2. The highest BCUT2D eigenvalue weighted by Crippen LogP contribution is 2.88. The molecular weight excluding hydrogens is 316 g/mol. The summed E-state index contributed by atoms with van der Waals surface area (Å²) in [6.07, 6.45) is 1.24. The van der Waals surface area contributed by atoms with Crippen molar-refractivity contribution >= 4 is 15.9 Å². The maximum absolute atomic E-state index is 11.6. The number of alkyl halides is 1. The third kappa shape index (κ3) is 0.768. The van der Waals surface area contributed by atoms with Crippen molar-refractivity contribution in [1.82, 2.24) is 0 Å². The van der Waals surface area contributed by atoms with Crippen LogP contribution < -0.4 is 0 Å². The molecular formula is C17H17BrO2. The number of benzene rings is 1. The molecule has 6 aliphatic carbocycles. The van der Waals surface area contributed by atoms with Gasteiger partial charge in [-0.2, -0.15) is 0 Å². The fourth-order valence-corrected chi connectivity index (χ4v) is 9.06. The minimum absolute atomic E-state index is 0.0468. The van der Waals surface area contributed by atoms with Crippen LogP contribution in [0.25, 0.3) is 0 Å². The lowest BCUT2D eigenvalue weighted by molar-refractivity contribution is -0.0777. The molecule has 0 radical (unpaired) electrons. The van der Waals surface area contributed by atoms with Crippen molar-refractivity contribution in [2.75, 3.05) is 0 Å². The Morgan fingerprint density at radius 3 is 2.40 bits per heavy atom. The first-order valence-corrected chi connectivity index (χ1v) is 8.67. The molecule has 0 heterocycles. The van der Waals surface area contributed by atoms with Crippen molar-refractivity contribution in [3.05, 3.63) is 35.9 Å². The monoisotopic (exact) mass is 332 g/mol. The van der Waals surface area contributed by atoms with Crippen LogP contribution in [0.3, 0.4) is 0 Å². The predicted octanol–water partition coefficient (Wildman–Crippen LogP) is 2.14. The van der Waals surface area contributed by atoms with Gasteiger partial charge < -0.3 is 10.2 Å². The predicted molar refractivity (Wildman–Crippen MR) is 77.1 cm³/mol. The van der Waals surface area contributed by atoms with Crippen LogP contribution in [-0.2, 0) is 5.60 Å². The molecule has 3 heteroatoms. The summed E-state index contributed by atoms with van der Waals surface area (Å²) in [5.41, 5.74) is -0.420. The van der Waals surface area contributed by atoms with Gasteiger partial charge in [0.2, 0.25) is 0 Å². The first-order valence-electron chi connectivity index (χ1n) is 7.75. The van der Waals surface area contributed by atoms with Crippen molar-refractivity contribution in [1.29, 1.82) is 0 Å². The van der Waals surface area contributed by atoms with Crippen molar-refractivity contribution in [3.63, 3.8) is 0 Å². The van der Waals surface area contributed by atoms with Gasteiger partial charge >= 0.3 is 0 Å². The van der Waals surface area contributed by atoms with Gasteiger partial charge in [0.15, 0.2) is 0 Å². The Balaban J connectivity index is 1.65. The topological polar surface area (TPSA) is 40.5 Å². The van der Waals surface area contributed by atoms with E-state index in [0.717, 1.165) is 5.56 Å².